The molecule has 29 heavy (non-hydrogen) atoms. The van der Waals surface area contributed by atoms with E-state index in [1.54, 1.807) is 25.6 Å². The first-order valence-corrected chi connectivity index (χ1v) is 9.50. The van der Waals surface area contributed by atoms with E-state index in [4.69, 9.17) is 21.1 Å². The lowest BCUT2D eigenvalue weighted by Gasteiger charge is -2.17. The van der Waals surface area contributed by atoms with Gasteiger partial charge in [-0.3, -0.25) is 9.78 Å². The van der Waals surface area contributed by atoms with Crippen molar-refractivity contribution in [2.24, 2.45) is 0 Å². The first-order chi connectivity index (χ1) is 14.1. The number of hydrogen-bond acceptors (Lipinski definition) is 5. The lowest BCUT2D eigenvalue weighted by molar-refractivity contribution is 0.0947. The molecule has 1 amide bonds. The van der Waals surface area contributed by atoms with Crippen LogP contribution in [0.3, 0.4) is 0 Å². The van der Waals surface area contributed by atoms with Gasteiger partial charge >= 0.3 is 0 Å². The summed E-state index contributed by atoms with van der Waals surface area (Å²) in [5, 5.41) is 6.72. The zero-order valence-electron chi connectivity index (χ0n) is 15.8. The van der Waals surface area contributed by atoms with Crippen LogP contribution in [0.5, 0.6) is 11.5 Å². The molecule has 3 N–H and O–H groups in total. The molecule has 2 aromatic heterocycles. The van der Waals surface area contributed by atoms with E-state index in [2.05, 4.69) is 27.5 Å². The van der Waals surface area contributed by atoms with Crippen molar-refractivity contribution in [1.82, 2.24) is 15.3 Å². The van der Waals surface area contributed by atoms with Crippen molar-refractivity contribution < 1.29 is 14.3 Å². The van der Waals surface area contributed by atoms with Gasteiger partial charge in [-0.1, -0.05) is 17.7 Å². The predicted octanol–water partition coefficient (Wildman–Crippen LogP) is 3.98. The highest BCUT2D eigenvalue weighted by Crippen LogP contribution is 2.42. The molecule has 0 aliphatic carbocycles. The normalized spacial score (nSPS) is 12.9. The van der Waals surface area contributed by atoms with Crippen LogP contribution in [0.2, 0.25) is 5.02 Å². The number of carbonyl (C=O) groups excluding carboxylic acids is 1. The zero-order valence-corrected chi connectivity index (χ0v) is 16.6. The Balaban J connectivity index is 1.90. The number of fused-ring (bicyclic) bond motifs is 1. The molecular weight excluding hydrogens is 392 g/mol. The number of hydrogen-bond donors (Lipinski definition) is 3. The number of pyridine rings is 1. The zero-order chi connectivity index (χ0) is 20.4. The maximum atomic E-state index is 12.7. The summed E-state index contributed by atoms with van der Waals surface area (Å²) >= 11 is 6.28. The number of halogens is 1. The molecule has 0 fully saturated rings. The van der Waals surface area contributed by atoms with Crippen molar-refractivity contribution in [3.8, 4) is 22.8 Å². The molecule has 0 unspecified atom stereocenters. The Morgan fingerprint density at radius 1 is 1.34 bits per heavy atom. The highest BCUT2D eigenvalue weighted by Gasteiger charge is 2.28. The second-order valence-electron chi connectivity index (χ2n) is 6.40. The molecule has 4 rings (SSSR count). The third-order valence-electron chi connectivity index (χ3n) is 4.71. The maximum absolute atomic E-state index is 12.7. The smallest absolute Gasteiger partial charge is 0.255 e. The number of ether oxygens (including phenoxy) is 2. The quantitative estimate of drug-likeness (QED) is 0.571. The van der Waals surface area contributed by atoms with E-state index in [1.807, 2.05) is 18.2 Å². The Morgan fingerprint density at radius 3 is 3.00 bits per heavy atom. The Hall–Kier alpha value is -3.19. The van der Waals surface area contributed by atoms with Crippen LogP contribution in [-0.4, -0.2) is 36.1 Å². The summed E-state index contributed by atoms with van der Waals surface area (Å²) < 4.78 is 11.1. The van der Waals surface area contributed by atoms with Crippen molar-refractivity contribution in [2.45, 2.75) is 6.42 Å². The van der Waals surface area contributed by atoms with Crippen LogP contribution in [-0.2, 0) is 6.42 Å². The topological polar surface area (TPSA) is 88.3 Å². The molecule has 1 aliphatic rings. The Morgan fingerprint density at radius 2 is 2.21 bits per heavy atom. The van der Waals surface area contributed by atoms with Crippen LogP contribution in [0, 0.1) is 6.92 Å². The van der Waals surface area contributed by atoms with Crippen molar-refractivity contribution >= 4 is 28.9 Å². The van der Waals surface area contributed by atoms with E-state index >= 15 is 0 Å². The number of anilines is 2. The van der Waals surface area contributed by atoms with Crippen LogP contribution in [0.4, 0.5) is 11.4 Å². The average molecular weight is 412 g/mol. The van der Waals surface area contributed by atoms with E-state index in [0.29, 0.717) is 46.4 Å². The molecule has 149 valence electrons. The number of nitrogens with one attached hydrogen (secondary N) is 3. The van der Waals surface area contributed by atoms with Crippen molar-refractivity contribution in [3.63, 3.8) is 0 Å². The number of nitrogens with zero attached hydrogens (tertiary/aromatic N) is 1. The number of rotatable bonds is 6. The van der Waals surface area contributed by atoms with E-state index in [-0.39, 0.29) is 12.5 Å². The molecule has 0 saturated carbocycles. The van der Waals surface area contributed by atoms with E-state index < -0.39 is 0 Å². The molecule has 7 nitrogen and oxygen atoms in total. The number of aromatic nitrogens is 2. The first-order valence-electron chi connectivity index (χ1n) is 9.13. The highest BCUT2D eigenvalue weighted by atomic mass is 35.5. The molecule has 1 radical (unpaired) electrons. The molecule has 0 saturated heterocycles. The molecule has 8 heteroatoms. The van der Waals surface area contributed by atoms with E-state index in [9.17, 15) is 4.79 Å². The third-order valence-corrected chi connectivity index (χ3v) is 5.01. The number of H-pyrrole nitrogens is 1. The van der Waals surface area contributed by atoms with Crippen LogP contribution in [0.25, 0.3) is 11.3 Å². The second-order valence-corrected chi connectivity index (χ2v) is 6.81. The molecule has 1 aliphatic heterocycles. The molecule has 3 aromatic rings. The van der Waals surface area contributed by atoms with E-state index in [1.165, 1.54) is 0 Å². The van der Waals surface area contributed by atoms with Gasteiger partial charge in [-0.2, -0.15) is 0 Å². The fraction of sp³-hybridized carbons (Fsp3) is 0.190. The van der Waals surface area contributed by atoms with Crippen LogP contribution in [0.15, 0.2) is 36.7 Å². The fourth-order valence-electron chi connectivity index (χ4n) is 3.47. The fourth-order valence-corrected chi connectivity index (χ4v) is 3.72. The molecule has 0 bridgehead atoms. The van der Waals surface area contributed by atoms with Gasteiger partial charge in [0.1, 0.15) is 5.75 Å². The van der Waals surface area contributed by atoms with Gasteiger partial charge in [0.05, 0.1) is 47.6 Å². The van der Waals surface area contributed by atoms with Gasteiger partial charge in [0.2, 0.25) is 0 Å². The minimum absolute atomic E-state index is 0.147. The third kappa shape index (κ3) is 3.49. The molecule has 1 aromatic carbocycles. The number of benzene rings is 1. The summed E-state index contributed by atoms with van der Waals surface area (Å²) in [6, 6.07) is 7.24. The minimum atomic E-state index is -0.147. The standard InChI is InChI=1S/C21H20ClN4O3/c1-3-29-16-11-23-9-7-12(16)18-19(17-14(25-18)8-10-24-21(17)27)26-15-6-4-5-13(22)20(15)28-2/h4-7,9,11,25-26H,1,3,8,10H2,2H3,(H,24,27). The Bertz CT molecular complexity index is 1060. The lowest BCUT2D eigenvalue weighted by atomic mass is 10.0. The lowest BCUT2D eigenvalue weighted by Crippen LogP contribution is -2.31. The maximum Gasteiger partial charge on any atom is 0.255 e. The highest BCUT2D eigenvalue weighted by molar-refractivity contribution is 6.32. The number of aromatic amines is 1. The SMILES string of the molecule is [CH2]COc1cnccc1-c1[nH]c2c(c1Nc1cccc(Cl)c1OC)C(=O)NCC2. The van der Waals surface area contributed by atoms with Gasteiger partial charge < -0.3 is 25.1 Å². The summed E-state index contributed by atoms with van der Waals surface area (Å²) in [6.45, 7) is 4.57. The Labute approximate surface area is 173 Å². The van der Waals surface area contributed by atoms with E-state index in [0.717, 1.165) is 17.0 Å². The predicted molar refractivity (Wildman–Crippen MR) is 112 cm³/mol. The monoisotopic (exact) mass is 411 g/mol. The van der Waals surface area contributed by atoms with Crippen LogP contribution < -0.4 is 20.1 Å². The second kappa shape index (κ2) is 8.05. The number of para-hydroxylation sites is 1. The molecule has 0 spiro atoms. The molecule has 3 heterocycles. The van der Waals surface area contributed by atoms with Crippen molar-refractivity contribution in [2.75, 3.05) is 25.6 Å². The summed E-state index contributed by atoms with van der Waals surface area (Å²) in [5.41, 5.74) is 4.18. The number of amides is 1. The van der Waals surface area contributed by atoms with Crippen molar-refractivity contribution in [3.05, 3.63) is 59.9 Å². The number of methoxy groups -OCH3 is 1. The van der Waals surface area contributed by atoms with Gasteiger partial charge in [-0.05, 0) is 25.1 Å². The summed E-state index contributed by atoms with van der Waals surface area (Å²) in [4.78, 5) is 20.2. The summed E-state index contributed by atoms with van der Waals surface area (Å²) in [6.07, 6.45) is 4.00. The molecule has 0 atom stereocenters. The van der Waals surface area contributed by atoms with Gasteiger partial charge in [0.15, 0.2) is 5.75 Å². The van der Waals surface area contributed by atoms with Gasteiger partial charge in [-0.25, -0.2) is 0 Å². The van der Waals surface area contributed by atoms with Crippen LogP contribution >= 0.6 is 11.6 Å². The minimum Gasteiger partial charge on any atom is -0.493 e. The largest absolute Gasteiger partial charge is 0.493 e. The summed E-state index contributed by atoms with van der Waals surface area (Å²) in [7, 11) is 1.55. The van der Waals surface area contributed by atoms with Crippen molar-refractivity contribution in [1.29, 1.82) is 0 Å². The first kappa shape index (κ1) is 19.1. The van der Waals surface area contributed by atoms with Gasteiger partial charge in [-0.15, -0.1) is 0 Å². The van der Waals surface area contributed by atoms with Gasteiger partial charge in [0.25, 0.3) is 5.91 Å². The summed E-state index contributed by atoms with van der Waals surface area (Å²) in [5.74, 6) is 0.920. The van der Waals surface area contributed by atoms with Crippen LogP contribution in [0.1, 0.15) is 16.1 Å². The molecular formula is C21H20ClN4O3. The van der Waals surface area contributed by atoms with Gasteiger partial charge in [0, 0.05) is 30.4 Å². The Kier molecular flexibility index (Phi) is 5.31. The average Bonchev–Trinajstić information content (AvgIpc) is 3.08. The number of carbonyl (C=O) groups is 1.